The van der Waals surface area contributed by atoms with Gasteiger partial charge in [-0.3, -0.25) is 4.68 Å². The van der Waals surface area contributed by atoms with Crippen LogP contribution in [0.15, 0.2) is 12.3 Å². The molecule has 2 atom stereocenters. The molecule has 0 aromatic carbocycles. The summed E-state index contributed by atoms with van der Waals surface area (Å²) >= 11 is 1.87. The molecular weight excluding hydrogens is 196 g/mol. The van der Waals surface area contributed by atoms with Crippen molar-refractivity contribution in [1.82, 2.24) is 9.78 Å². The Morgan fingerprint density at radius 2 is 2.50 bits per heavy atom. The predicted molar refractivity (Wildman–Crippen MR) is 58.3 cm³/mol. The third-order valence-corrected chi connectivity index (χ3v) is 4.55. The molecule has 4 heteroatoms. The van der Waals surface area contributed by atoms with E-state index in [2.05, 4.69) is 12.0 Å². The van der Waals surface area contributed by atoms with Crippen LogP contribution >= 0.6 is 11.8 Å². The molecule has 1 saturated heterocycles. The van der Waals surface area contributed by atoms with Crippen LogP contribution in [-0.2, 0) is 7.05 Å². The number of nitrogens with zero attached hydrogens (tertiary/aromatic N) is 2. The van der Waals surface area contributed by atoms with Gasteiger partial charge in [0.15, 0.2) is 0 Å². The molecule has 2 rings (SSSR count). The van der Waals surface area contributed by atoms with Gasteiger partial charge in [0.2, 0.25) is 0 Å². The van der Waals surface area contributed by atoms with E-state index in [-0.39, 0.29) is 4.75 Å². The lowest BCUT2D eigenvalue weighted by Gasteiger charge is -2.28. The van der Waals surface area contributed by atoms with Gasteiger partial charge in [-0.1, -0.05) is 0 Å². The fourth-order valence-corrected chi connectivity index (χ4v) is 3.30. The minimum absolute atomic E-state index is 0.0200. The third kappa shape index (κ3) is 1.57. The second kappa shape index (κ2) is 3.59. The highest BCUT2D eigenvalue weighted by Crippen LogP contribution is 2.46. The Morgan fingerprint density at radius 1 is 1.71 bits per heavy atom. The predicted octanol–water partition coefficient (Wildman–Crippen LogP) is 1.74. The van der Waals surface area contributed by atoms with Gasteiger partial charge >= 0.3 is 0 Å². The summed E-state index contributed by atoms with van der Waals surface area (Å²) in [5, 5.41) is 14.4. The summed E-state index contributed by atoms with van der Waals surface area (Å²) in [7, 11) is 1.88. The van der Waals surface area contributed by atoms with E-state index in [1.165, 1.54) is 6.42 Å². The maximum absolute atomic E-state index is 10.3. The Balaban J connectivity index is 2.23. The molecule has 2 heterocycles. The van der Waals surface area contributed by atoms with E-state index < -0.39 is 6.10 Å². The van der Waals surface area contributed by atoms with Crippen LogP contribution in [0.3, 0.4) is 0 Å². The summed E-state index contributed by atoms with van der Waals surface area (Å²) in [6.07, 6.45) is 3.63. The Labute approximate surface area is 88.5 Å². The first-order chi connectivity index (χ1) is 6.63. The van der Waals surface area contributed by atoms with E-state index >= 15 is 0 Å². The second-order valence-electron chi connectivity index (χ2n) is 4.05. The van der Waals surface area contributed by atoms with Crippen LogP contribution in [-0.4, -0.2) is 25.4 Å². The van der Waals surface area contributed by atoms with Crippen molar-refractivity contribution >= 4 is 11.8 Å². The van der Waals surface area contributed by atoms with Gasteiger partial charge in [-0.25, -0.2) is 0 Å². The number of aliphatic hydroxyl groups excluding tert-OH is 1. The molecule has 2 unspecified atom stereocenters. The van der Waals surface area contributed by atoms with Gasteiger partial charge in [0.05, 0.1) is 5.69 Å². The summed E-state index contributed by atoms with van der Waals surface area (Å²) in [5.74, 6) is 1.16. The third-order valence-electron chi connectivity index (χ3n) is 2.97. The van der Waals surface area contributed by atoms with Gasteiger partial charge in [-0.05, 0) is 31.6 Å². The molecule has 1 aromatic rings. The topological polar surface area (TPSA) is 38.0 Å². The van der Waals surface area contributed by atoms with E-state index in [0.717, 1.165) is 17.9 Å². The van der Waals surface area contributed by atoms with E-state index in [4.69, 9.17) is 0 Å². The zero-order chi connectivity index (χ0) is 10.2. The lowest BCUT2D eigenvalue weighted by molar-refractivity contribution is 0.126. The molecule has 78 valence electrons. The Bertz CT molecular complexity index is 318. The summed E-state index contributed by atoms with van der Waals surface area (Å²) < 4.78 is 1.74. The molecule has 0 spiro atoms. The van der Waals surface area contributed by atoms with E-state index in [1.807, 2.05) is 24.9 Å². The van der Waals surface area contributed by atoms with E-state index in [0.29, 0.717) is 0 Å². The van der Waals surface area contributed by atoms with Gasteiger partial charge in [0.25, 0.3) is 0 Å². The largest absolute Gasteiger partial charge is 0.385 e. The van der Waals surface area contributed by atoms with Crippen molar-refractivity contribution in [2.24, 2.45) is 7.05 Å². The molecule has 14 heavy (non-hydrogen) atoms. The van der Waals surface area contributed by atoms with Crippen molar-refractivity contribution < 1.29 is 5.11 Å². The lowest BCUT2D eigenvalue weighted by atomic mass is 9.96. The van der Waals surface area contributed by atoms with Crippen LogP contribution in [0.4, 0.5) is 0 Å². The molecule has 1 aromatic heterocycles. The molecule has 0 saturated carbocycles. The van der Waals surface area contributed by atoms with Crippen LogP contribution in [0.1, 0.15) is 31.6 Å². The molecule has 0 aliphatic carbocycles. The summed E-state index contributed by atoms with van der Waals surface area (Å²) in [6, 6.07) is 1.90. The number of hydrogen-bond donors (Lipinski definition) is 1. The van der Waals surface area contributed by atoms with E-state index in [1.54, 1.807) is 10.9 Å². The van der Waals surface area contributed by atoms with Crippen molar-refractivity contribution in [3.05, 3.63) is 18.0 Å². The standard InChI is InChI=1S/C10H16N2OS/c1-10(5-3-7-14-10)9(13)8-4-6-11-12(8)2/h4,6,9,13H,3,5,7H2,1-2H3. The number of thioether (sulfide) groups is 1. The molecule has 0 bridgehead atoms. The maximum Gasteiger partial charge on any atom is 0.110 e. The average molecular weight is 212 g/mol. The van der Waals surface area contributed by atoms with Crippen molar-refractivity contribution in [2.45, 2.75) is 30.6 Å². The highest BCUT2D eigenvalue weighted by molar-refractivity contribution is 8.00. The number of aromatic nitrogens is 2. The van der Waals surface area contributed by atoms with Crippen molar-refractivity contribution in [3.8, 4) is 0 Å². The molecule has 1 aliphatic heterocycles. The molecule has 1 fully saturated rings. The summed E-state index contributed by atoms with van der Waals surface area (Å²) in [5.41, 5.74) is 0.918. The molecule has 1 aliphatic rings. The zero-order valence-corrected chi connectivity index (χ0v) is 9.42. The molecule has 3 nitrogen and oxygen atoms in total. The summed E-state index contributed by atoms with van der Waals surface area (Å²) in [6.45, 7) is 2.14. The highest BCUT2D eigenvalue weighted by Gasteiger charge is 2.38. The zero-order valence-electron chi connectivity index (χ0n) is 8.60. The molecule has 0 amide bonds. The fraction of sp³-hybridized carbons (Fsp3) is 0.700. The second-order valence-corrected chi connectivity index (χ2v) is 5.68. The van der Waals surface area contributed by atoms with Crippen molar-refractivity contribution in [2.75, 3.05) is 5.75 Å². The van der Waals surface area contributed by atoms with Gasteiger partial charge in [0.1, 0.15) is 6.10 Å². The summed E-state index contributed by atoms with van der Waals surface area (Å²) in [4.78, 5) is 0. The van der Waals surface area contributed by atoms with Crippen molar-refractivity contribution in [3.63, 3.8) is 0 Å². The van der Waals surface area contributed by atoms with E-state index in [9.17, 15) is 5.11 Å². The average Bonchev–Trinajstić information content (AvgIpc) is 2.74. The van der Waals surface area contributed by atoms with Crippen LogP contribution in [0.25, 0.3) is 0 Å². The van der Waals surface area contributed by atoms with Crippen LogP contribution in [0.2, 0.25) is 0 Å². The number of aryl methyl sites for hydroxylation is 1. The van der Waals surface area contributed by atoms with Gasteiger partial charge < -0.3 is 5.11 Å². The van der Waals surface area contributed by atoms with Gasteiger partial charge in [-0.15, -0.1) is 0 Å². The Kier molecular flexibility index (Phi) is 2.58. The minimum Gasteiger partial charge on any atom is -0.385 e. The Morgan fingerprint density at radius 3 is 3.00 bits per heavy atom. The monoisotopic (exact) mass is 212 g/mol. The van der Waals surface area contributed by atoms with Crippen LogP contribution < -0.4 is 0 Å². The minimum atomic E-state index is -0.400. The first-order valence-electron chi connectivity index (χ1n) is 4.93. The number of rotatable bonds is 2. The fourth-order valence-electron chi connectivity index (χ4n) is 1.98. The quantitative estimate of drug-likeness (QED) is 0.811. The normalized spacial score (nSPS) is 29.4. The first kappa shape index (κ1) is 10.1. The van der Waals surface area contributed by atoms with Gasteiger partial charge in [-0.2, -0.15) is 16.9 Å². The number of aliphatic hydroxyl groups is 1. The van der Waals surface area contributed by atoms with Crippen LogP contribution in [0, 0.1) is 0 Å². The molecule has 0 radical (unpaired) electrons. The smallest absolute Gasteiger partial charge is 0.110 e. The first-order valence-corrected chi connectivity index (χ1v) is 5.92. The number of hydrogen-bond acceptors (Lipinski definition) is 3. The van der Waals surface area contributed by atoms with Crippen LogP contribution in [0.5, 0.6) is 0 Å². The Hall–Kier alpha value is -0.480. The lowest BCUT2D eigenvalue weighted by Crippen LogP contribution is -2.27. The van der Waals surface area contributed by atoms with Crippen molar-refractivity contribution in [1.29, 1.82) is 0 Å². The highest BCUT2D eigenvalue weighted by atomic mass is 32.2. The SMILES string of the molecule is Cn1nccc1C(O)C1(C)CCCS1. The maximum atomic E-state index is 10.3. The molecule has 1 N–H and O–H groups in total. The molecular formula is C10H16N2OS. The van der Waals surface area contributed by atoms with Gasteiger partial charge in [0, 0.05) is 18.0 Å².